The van der Waals surface area contributed by atoms with Crippen LogP contribution in [0.3, 0.4) is 0 Å². The van der Waals surface area contributed by atoms with Crippen molar-refractivity contribution in [3.63, 3.8) is 0 Å². The molecule has 1 aromatic rings. The molecule has 3 heteroatoms. The molecule has 1 saturated heterocycles. The molecule has 1 aliphatic rings. The van der Waals surface area contributed by atoms with E-state index in [0.717, 1.165) is 25.8 Å². The van der Waals surface area contributed by atoms with Gasteiger partial charge in [0.25, 0.3) is 0 Å². The third-order valence-electron chi connectivity index (χ3n) is 3.68. The number of nitrogens with zero attached hydrogens (tertiary/aromatic N) is 1. The fourth-order valence-electron chi connectivity index (χ4n) is 2.81. The number of rotatable bonds is 2. The van der Waals surface area contributed by atoms with Crippen LogP contribution in [0.2, 0.25) is 0 Å². The highest BCUT2D eigenvalue weighted by Gasteiger charge is 2.33. The number of carbonyl (C=O) groups is 1. The fourth-order valence-corrected chi connectivity index (χ4v) is 2.81. The molecule has 0 aromatic heterocycles. The van der Waals surface area contributed by atoms with E-state index in [2.05, 4.69) is 31.2 Å². The number of carbonyl (C=O) groups excluding carboxylic acids is 1. The molecule has 2 rings (SSSR count). The molecule has 0 saturated carbocycles. The van der Waals surface area contributed by atoms with Crippen molar-refractivity contribution in [2.45, 2.75) is 58.6 Å². The third-order valence-corrected chi connectivity index (χ3v) is 3.68. The molecule has 1 aliphatic heterocycles. The highest BCUT2D eigenvalue weighted by Crippen LogP contribution is 2.35. The number of amides is 1. The largest absolute Gasteiger partial charge is 0.444 e. The van der Waals surface area contributed by atoms with Gasteiger partial charge in [0.1, 0.15) is 5.60 Å². The third kappa shape index (κ3) is 3.33. The lowest BCUT2D eigenvalue weighted by atomic mass is 9.97. The van der Waals surface area contributed by atoms with Crippen LogP contribution in [0.1, 0.15) is 57.7 Å². The molecule has 1 amide bonds. The molecule has 0 bridgehead atoms. The molecule has 110 valence electrons. The summed E-state index contributed by atoms with van der Waals surface area (Å²) >= 11 is 0. The maximum absolute atomic E-state index is 12.3. The highest BCUT2D eigenvalue weighted by molar-refractivity contribution is 5.69. The van der Waals surface area contributed by atoms with Crippen LogP contribution in [-0.4, -0.2) is 23.1 Å². The first-order valence-corrected chi connectivity index (χ1v) is 7.50. The molecule has 1 fully saturated rings. The predicted molar refractivity (Wildman–Crippen MR) is 80.7 cm³/mol. The second-order valence-electron chi connectivity index (χ2n) is 6.38. The molecule has 0 N–H and O–H groups in total. The predicted octanol–water partition coefficient (Wildman–Crippen LogP) is 4.32. The van der Waals surface area contributed by atoms with E-state index in [0.29, 0.717) is 0 Å². The number of hydrogen-bond donors (Lipinski definition) is 0. The maximum Gasteiger partial charge on any atom is 0.410 e. The van der Waals surface area contributed by atoms with E-state index in [1.165, 1.54) is 11.1 Å². The van der Waals surface area contributed by atoms with Crippen molar-refractivity contribution in [2.24, 2.45) is 0 Å². The number of hydrogen-bond acceptors (Lipinski definition) is 2. The van der Waals surface area contributed by atoms with Gasteiger partial charge in [0.05, 0.1) is 6.04 Å². The Hall–Kier alpha value is -1.51. The zero-order valence-electron chi connectivity index (χ0n) is 13.0. The van der Waals surface area contributed by atoms with Gasteiger partial charge < -0.3 is 9.64 Å². The Morgan fingerprint density at radius 3 is 2.70 bits per heavy atom. The van der Waals surface area contributed by atoms with E-state index >= 15 is 0 Å². The molecule has 1 aromatic carbocycles. The summed E-state index contributed by atoms with van der Waals surface area (Å²) in [6.45, 7) is 8.69. The van der Waals surface area contributed by atoms with Crippen LogP contribution in [0, 0.1) is 0 Å². The zero-order valence-corrected chi connectivity index (χ0v) is 13.0. The highest BCUT2D eigenvalue weighted by atomic mass is 16.6. The average Bonchev–Trinajstić information content (AvgIpc) is 2.85. The van der Waals surface area contributed by atoms with Crippen LogP contribution in [0.15, 0.2) is 24.3 Å². The Kier molecular flexibility index (Phi) is 4.36. The number of likely N-dealkylation sites (tertiary alicyclic amines) is 1. The minimum atomic E-state index is -0.436. The van der Waals surface area contributed by atoms with E-state index in [4.69, 9.17) is 4.74 Å². The summed E-state index contributed by atoms with van der Waals surface area (Å²) < 4.78 is 5.53. The van der Waals surface area contributed by atoms with Gasteiger partial charge in [0, 0.05) is 6.54 Å². The summed E-state index contributed by atoms with van der Waals surface area (Å²) in [4.78, 5) is 14.2. The zero-order chi connectivity index (χ0) is 14.8. The maximum atomic E-state index is 12.3. The molecule has 0 aliphatic carbocycles. The van der Waals surface area contributed by atoms with Gasteiger partial charge in [0.15, 0.2) is 0 Å². The van der Waals surface area contributed by atoms with E-state index in [9.17, 15) is 4.79 Å². The van der Waals surface area contributed by atoms with Crippen LogP contribution >= 0.6 is 0 Å². The normalized spacial score (nSPS) is 19.2. The summed E-state index contributed by atoms with van der Waals surface area (Å²) in [5.74, 6) is 0. The van der Waals surface area contributed by atoms with Gasteiger partial charge in [-0.3, -0.25) is 0 Å². The van der Waals surface area contributed by atoms with Gasteiger partial charge in [0.2, 0.25) is 0 Å². The van der Waals surface area contributed by atoms with Crippen molar-refractivity contribution in [1.29, 1.82) is 0 Å². The first-order valence-electron chi connectivity index (χ1n) is 7.50. The van der Waals surface area contributed by atoms with Crippen LogP contribution in [0.25, 0.3) is 0 Å². The Balaban J connectivity index is 2.21. The molecule has 1 atom stereocenters. The minimum absolute atomic E-state index is 0.168. The smallest absolute Gasteiger partial charge is 0.410 e. The van der Waals surface area contributed by atoms with E-state index in [-0.39, 0.29) is 12.1 Å². The van der Waals surface area contributed by atoms with Crippen molar-refractivity contribution >= 4 is 6.09 Å². The second kappa shape index (κ2) is 5.86. The topological polar surface area (TPSA) is 29.5 Å². The minimum Gasteiger partial charge on any atom is -0.444 e. The number of aryl methyl sites for hydroxylation is 1. The lowest BCUT2D eigenvalue weighted by Gasteiger charge is -2.29. The molecular weight excluding hydrogens is 250 g/mol. The van der Waals surface area contributed by atoms with Gasteiger partial charge in [-0.2, -0.15) is 0 Å². The molecule has 20 heavy (non-hydrogen) atoms. The molecule has 1 heterocycles. The van der Waals surface area contributed by atoms with E-state index < -0.39 is 5.60 Å². The Labute approximate surface area is 121 Å². The second-order valence-corrected chi connectivity index (χ2v) is 6.38. The van der Waals surface area contributed by atoms with Gasteiger partial charge in [-0.05, 0) is 51.2 Å². The molecule has 0 unspecified atom stereocenters. The first kappa shape index (κ1) is 14.9. The lowest BCUT2D eigenvalue weighted by Crippen LogP contribution is -2.36. The number of ether oxygens (including phenoxy) is 1. The Morgan fingerprint density at radius 2 is 2.05 bits per heavy atom. The molecular formula is C17H25NO2. The van der Waals surface area contributed by atoms with Gasteiger partial charge >= 0.3 is 6.09 Å². The van der Waals surface area contributed by atoms with Crippen LogP contribution in [-0.2, 0) is 11.2 Å². The standard InChI is InChI=1S/C17H25NO2/c1-5-13-9-6-7-10-14(13)15-11-8-12-18(15)16(19)20-17(2,3)4/h6-7,9-10,15H,5,8,11-12H2,1-4H3/t15-/m0/s1. The summed E-state index contributed by atoms with van der Waals surface area (Å²) in [6.07, 6.45) is 2.87. The molecule has 3 nitrogen and oxygen atoms in total. The Bertz CT molecular complexity index is 476. The molecule has 0 spiro atoms. The number of benzene rings is 1. The van der Waals surface area contributed by atoms with Crippen molar-refractivity contribution < 1.29 is 9.53 Å². The summed E-state index contributed by atoms with van der Waals surface area (Å²) in [5, 5.41) is 0. The fraction of sp³-hybridized carbons (Fsp3) is 0.588. The van der Waals surface area contributed by atoms with Crippen molar-refractivity contribution in [1.82, 2.24) is 4.90 Å². The first-order chi connectivity index (χ1) is 9.42. The summed E-state index contributed by atoms with van der Waals surface area (Å²) in [7, 11) is 0. The van der Waals surface area contributed by atoms with Crippen molar-refractivity contribution in [3.8, 4) is 0 Å². The van der Waals surface area contributed by atoms with E-state index in [1.807, 2.05) is 25.7 Å². The monoisotopic (exact) mass is 275 g/mol. The van der Waals surface area contributed by atoms with Crippen LogP contribution in [0.4, 0.5) is 4.79 Å². The van der Waals surface area contributed by atoms with Crippen molar-refractivity contribution in [3.05, 3.63) is 35.4 Å². The lowest BCUT2D eigenvalue weighted by molar-refractivity contribution is 0.0224. The summed E-state index contributed by atoms with van der Waals surface area (Å²) in [6, 6.07) is 8.59. The SMILES string of the molecule is CCc1ccccc1[C@@H]1CCCN1C(=O)OC(C)(C)C. The average molecular weight is 275 g/mol. The molecule has 0 radical (unpaired) electrons. The van der Waals surface area contributed by atoms with Crippen LogP contribution < -0.4 is 0 Å². The van der Waals surface area contributed by atoms with Gasteiger partial charge in [-0.25, -0.2) is 4.79 Å². The quantitative estimate of drug-likeness (QED) is 0.804. The summed E-state index contributed by atoms with van der Waals surface area (Å²) in [5.41, 5.74) is 2.17. The van der Waals surface area contributed by atoms with Gasteiger partial charge in [-0.1, -0.05) is 31.2 Å². The van der Waals surface area contributed by atoms with Gasteiger partial charge in [-0.15, -0.1) is 0 Å². The van der Waals surface area contributed by atoms with E-state index in [1.54, 1.807) is 0 Å². The Morgan fingerprint density at radius 1 is 1.35 bits per heavy atom. The van der Waals surface area contributed by atoms with Crippen LogP contribution in [0.5, 0.6) is 0 Å². The van der Waals surface area contributed by atoms with Crippen molar-refractivity contribution in [2.75, 3.05) is 6.54 Å².